The van der Waals surface area contributed by atoms with Crippen LogP contribution in [0.3, 0.4) is 0 Å². The molecule has 390 valence electrons. The van der Waals surface area contributed by atoms with Crippen molar-refractivity contribution in [2.45, 2.75) is 0 Å². The Morgan fingerprint density at radius 3 is 1.72 bits per heavy atom. The number of rotatable bonds is 17. The van der Waals surface area contributed by atoms with Crippen molar-refractivity contribution in [1.82, 2.24) is 53.5 Å². The summed E-state index contributed by atoms with van der Waals surface area (Å²) in [6.45, 7) is 4.55. The summed E-state index contributed by atoms with van der Waals surface area (Å²) in [5, 5.41) is 20.8. The Balaban J connectivity index is 0.976. The number of ether oxygens (including phenoxy) is 2. The van der Waals surface area contributed by atoms with Crippen molar-refractivity contribution in [1.29, 1.82) is 0 Å². The van der Waals surface area contributed by atoms with E-state index in [0.29, 0.717) is 40.1 Å². The highest BCUT2D eigenvalue weighted by atomic mass is 19.1. The molecular formula is C55H45F2N15O6. The van der Waals surface area contributed by atoms with E-state index in [9.17, 15) is 23.6 Å². The molecule has 0 saturated heterocycles. The molecule has 0 aliphatic heterocycles. The Hall–Kier alpha value is -10.7. The summed E-state index contributed by atoms with van der Waals surface area (Å²) >= 11 is 0. The molecule has 0 atom stereocenters. The van der Waals surface area contributed by atoms with Crippen LogP contribution in [-0.2, 0) is 23.7 Å². The Morgan fingerprint density at radius 1 is 0.641 bits per heavy atom. The molecule has 10 rings (SSSR count). The number of benzene rings is 4. The zero-order chi connectivity index (χ0) is 54.6. The van der Waals surface area contributed by atoms with Gasteiger partial charge in [-0.3, -0.25) is 37.7 Å². The van der Waals surface area contributed by atoms with Crippen LogP contribution in [0.4, 0.5) is 43.4 Å². The molecule has 4 N–H and O–H groups in total. The summed E-state index contributed by atoms with van der Waals surface area (Å²) in [6, 6.07) is 24.2. The smallest absolute Gasteiger partial charge is 0.299 e. The van der Waals surface area contributed by atoms with E-state index in [2.05, 4.69) is 53.0 Å². The molecule has 23 heteroatoms. The quantitative estimate of drug-likeness (QED) is 0.0627. The number of fused-ring (bicyclic) bond motifs is 2. The van der Waals surface area contributed by atoms with Crippen molar-refractivity contribution < 1.29 is 27.8 Å². The zero-order valence-corrected chi connectivity index (χ0v) is 42.0. The molecule has 0 aliphatic rings. The van der Waals surface area contributed by atoms with Gasteiger partial charge in [0, 0.05) is 84.8 Å². The third kappa shape index (κ3) is 11.3. The maximum absolute atomic E-state index is 15.2. The van der Waals surface area contributed by atoms with E-state index in [4.69, 9.17) is 14.5 Å². The van der Waals surface area contributed by atoms with Gasteiger partial charge >= 0.3 is 0 Å². The third-order valence-electron chi connectivity index (χ3n) is 11.6. The fraction of sp³-hybridized carbons (Fsp3) is 0.0909. The van der Waals surface area contributed by atoms with Gasteiger partial charge in [0.1, 0.15) is 23.1 Å². The van der Waals surface area contributed by atoms with Gasteiger partial charge < -0.3 is 35.6 Å². The van der Waals surface area contributed by atoms with Gasteiger partial charge in [0.05, 0.1) is 35.1 Å². The van der Waals surface area contributed by atoms with E-state index in [1.807, 2.05) is 19.0 Å². The van der Waals surface area contributed by atoms with E-state index < -0.39 is 34.6 Å². The molecule has 0 unspecified atom stereocenters. The number of likely N-dealkylation sites (N-methyl/N-ethyl adjacent to an activating group) is 1. The van der Waals surface area contributed by atoms with Crippen LogP contribution in [-0.4, -0.2) is 86.0 Å². The van der Waals surface area contributed by atoms with Crippen molar-refractivity contribution in [3.05, 3.63) is 197 Å². The molecule has 0 fully saturated rings. The lowest BCUT2D eigenvalue weighted by Gasteiger charge is -2.17. The van der Waals surface area contributed by atoms with E-state index in [0.717, 1.165) is 12.1 Å². The number of aryl methyl sites for hydroxylation is 2. The summed E-state index contributed by atoms with van der Waals surface area (Å²) in [5.74, 6) is -2.46. The number of aromatic nitrogens is 10. The molecule has 6 aromatic heterocycles. The van der Waals surface area contributed by atoms with Crippen LogP contribution < -0.4 is 41.9 Å². The largest absolute Gasteiger partial charge is 0.452 e. The van der Waals surface area contributed by atoms with E-state index >= 15 is 4.39 Å². The fourth-order valence-electron chi connectivity index (χ4n) is 8.02. The van der Waals surface area contributed by atoms with E-state index in [1.54, 1.807) is 96.8 Å². The van der Waals surface area contributed by atoms with Crippen molar-refractivity contribution in [3.63, 3.8) is 0 Å². The molecular weight excluding hydrogens is 1000 g/mol. The topological polar surface area (TPSA) is 235 Å². The van der Waals surface area contributed by atoms with Crippen LogP contribution in [0.1, 0.15) is 5.56 Å². The van der Waals surface area contributed by atoms with E-state index in [-0.39, 0.29) is 68.7 Å². The number of nitrogens with zero attached hydrogens (tertiary/aromatic N) is 11. The lowest BCUT2D eigenvalue weighted by molar-refractivity contribution is -0.112. The van der Waals surface area contributed by atoms with Gasteiger partial charge in [-0.1, -0.05) is 24.8 Å². The number of carbonyl (C=O) groups is 2. The third-order valence-corrected chi connectivity index (χ3v) is 11.6. The van der Waals surface area contributed by atoms with Gasteiger partial charge in [-0.15, -0.1) is 0 Å². The SMILES string of the molecule is C=C(C(=O)Nc1cccc(-n2c(=O)c(Oc3ccc(F)cc3)cc3cnc(Nc4cnn(C)c4)nc32)c1)c1cc(F)ccc1Oc1cc2cnc(Nc3cnn(C)c3)nc2n(-c2cccc(NC(=O)/C=C/CN(C)C)c2)c1=O. The second-order valence-electron chi connectivity index (χ2n) is 17.8. The molecule has 0 radical (unpaired) electrons. The lowest BCUT2D eigenvalue weighted by atomic mass is 10.1. The second kappa shape index (κ2) is 21.7. The normalized spacial score (nSPS) is 11.3. The molecule has 2 amide bonds. The summed E-state index contributed by atoms with van der Waals surface area (Å²) in [7, 11) is 7.25. The first-order valence-electron chi connectivity index (χ1n) is 23.7. The Kier molecular flexibility index (Phi) is 14.1. The summed E-state index contributed by atoms with van der Waals surface area (Å²) in [6.07, 6.45) is 12.7. The molecule has 78 heavy (non-hydrogen) atoms. The number of hydrogen-bond acceptors (Lipinski definition) is 15. The van der Waals surface area contributed by atoms with Crippen LogP contribution in [0.25, 0.3) is 39.0 Å². The number of halogens is 2. The minimum absolute atomic E-state index is 0.104. The standard InChI is InChI=1S/C55H45F2N15O6/c1-32(51(74)63-38-10-7-12-42(25-38)71-49-33(26-58-54(66-49)64-39-28-60-69(4)30-39)21-46(52(71)75)77-43-17-14-35(56)15-18-43)44-23-36(57)16-19-45(44)78-47-22-34-27-59-55(65-40-29-61-70(5)31-40)67-50(34)72(53(47)76)41-11-6-9-37(24-41)62-48(73)13-8-20-68(2)3/h6-19,21-31H,1,20H2,2-5H3,(H,62,73)(H,63,74)(H,58,64,66)(H,59,65,67)/b13-8+. The van der Waals surface area contributed by atoms with Crippen LogP contribution in [0.5, 0.6) is 23.0 Å². The van der Waals surface area contributed by atoms with Gasteiger partial charge in [0.2, 0.25) is 17.8 Å². The Bertz CT molecular complexity index is 4130. The fourth-order valence-corrected chi connectivity index (χ4v) is 8.02. The molecule has 6 heterocycles. The van der Waals surface area contributed by atoms with Crippen LogP contribution in [0.2, 0.25) is 0 Å². The Labute approximate surface area is 441 Å². The molecule has 4 aromatic carbocycles. The van der Waals surface area contributed by atoms with Gasteiger partial charge in [-0.25, -0.2) is 18.7 Å². The highest BCUT2D eigenvalue weighted by molar-refractivity contribution is 6.25. The number of anilines is 6. The number of nitrogens with one attached hydrogen (secondary N) is 4. The average molecular weight is 1050 g/mol. The first-order chi connectivity index (χ1) is 37.6. The number of hydrogen-bond donors (Lipinski definition) is 4. The predicted molar refractivity (Wildman–Crippen MR) is 290 cm³/mol. The van der Waals surface area contributed by atoms with Crippen molar-refractivity contribution in [3.8, 4) is 34.4 Å². The highest BCUT2D eigenvalue weighted by Crippen LogP contribution is 2.33. The molecule has 0 bridgehead atoms. The molecule has 0 spiro atoms. The van der Waals surface area contributed by atoms with Crippen molar-refractivity contribution >= 4 is 74.1 Å². The van der Waals surface area contributed by atoms with Gasteiger partial charge in [0.25, 0.3) is 17.0 Å². The predicted octanol–water partition coefficient (Wildman–Crippen LogP) is 8.40. The number of carbonyl (C=O) groups excluding carboxylic acids is 2. The highest BCUT2D eigenvalue weighted by Gasteiger charge is 2.22. The minimum atomic E-state index is -0.799. The molecule has 10 aromatic rings. The average Bonchev–Trinajstić information content (AvgIpc) is 4.15. The van der Waals surface area contributed by atoms with Crippen LogP contribution in [0, 0.1) is 11.6 Å². The van der Waals surface area contributed by atoms with Gasteiger partial charge in [-0.05, 0) is 105 Å². The van der Waals surface area contributed by atoms with Crippen LogP contribution >= 0.6 is 0 Å². The molecule has 0 aliphatic carbocycles. The maximum Gasteiger partial charge on any atom is 0.299 e. The molecule has 0 saturated carbocycles. The van der Waals surface area contributed by atoms with Crippen LogP contribution in [0.15, 0.2) is 169 Å². The first-order valence-corrected chi connectivity index (χ1v) is 23.7. The first kappa shape index (κ1) is 50.8. The minimum Gasteiger partial charge on any atom is -0.452 e. The second-order valence-corrected chi connectivity index (χ2v) is 17.8. The molecule has 21 nitrogen and oxygen atoms in total. The van der Waals surface area contributed by atoms with Crippen molar-refractivity contribution in [2.24, 2.45) is 14.1 Å². The zero-order valence-electron chi connectivity index (χ0n) is 42.0. The number of pyridine rings is 2. The maximum atomic E-state index is 15.2. The summed E-state index contributed by atoms with van der Waals surface area (Å²) in [5.41, 5.74) is 0.830. The number of amides is 2. The van der Waals surface area contributed by atoms with Gasteiger partial charge in [0.15, 0.2) is 22.8 Å². The monoisotopic (exact) mass is 1050 g/mol. The van der Waals surface area contributed by atoms with E-state index in [1.165, 1.54) is 76.1 Å². The lowest BCUT2D eigenvalue weighted by Crippen LogP contribution is -2.22. The summed E-state index contributed by atoms with van der Waals surface area (Å²) < 4.78 is 47.1. The van der Waals surface area contributed by atoms with Gasteiger partial charge in [-0.2, -0.15) is 20.2 Å². The summed E-state index contributed by atoms with van der Waals surface area (Å²) in [4.78, 5) is 76.5. The Morgan fingerprint density at radius 2 is 1.18 bits per heavy atom. The van der Waals surface area contributed by atoms with Crippen molar-refractivity contribution in [2.75, 3.05) is 41.9 Å².